The zero-order valence-electron chi connectivity index (χ0n) is 13.4. The summed E-state index contributed by atoms with van der Waals surface area (Å²) in [7, 11) is -3.43. The summed E-state index contributed by atoms with van der Waals surface area (Å²) in [5.74, 6) is -0.618. The van der Waals surface area contributed by atoms with Gasteiger partial charge in [-0.3, -0.25) is 4.79 Å². The Morgan fingerprint density at radius 1 is 1.24 bits per heavy atom. The normalized spacial score (nSPS) is 16.7. The van der Waals surface area contributed by atoms with Gasteiger partial charge in [-0.2, -0.15) is 4.31 Å². The van der Waals surface area contributed by atoms with Crippen LogP contribution in [0.2, 0.25) is 0 Å². The van der Waals surface area contributed by atoms with E-state index in [4.69, 9.17) is 0 Å². The molecule has 0 spiro atoms. The second-order valence-corrected chi connectivity index (χ2v) is 8.93. The number of nitrogens with zero attached hydrogens (tertiary/aromatic N) is 1. The highest BCUT2D eigenvalue weighted by atomic mass is 32.2. The van der Waals surface area contributed by atoms with Gasteiger partial charge >= 0.3 is 0 Å². The number of carbonyl (C=O) groups is 1. The third-order valence-corrected chi connectivity index (χ3v) is 7.31. The molecule has 0 aliphatic carbocycles. The molecule has 0 atom stereocenters. The minimum Gasteiger partial charge on any atom is -0.325 e. The lowest BCUT2D eigenvalue weighted by Gasteiger charge is -2.30. The van der Waals surface area contributed by atoms with Gasteiger partial charge in [0.15, 0.2) is 6.54 Å². The van der Waals surface area contributed by atoms with E-state index in [0.717, 1.165) is 4.90 Å². The van der Waals surface area contributed by atoms with Gasteiger partial charge in [0.2, 0.25) is 0 Å². The first kappa shape index (κ1) is 18.0. The van der Waals surface area contributed by atoms with Crippen LogP contribution in [0, 0.1) is 5.82 Å². The number of piperazine rings is 1. The highest BCUT2D eigenvalue weighted by molar-refractivity contribution is 7.91. The fourth-order valence-electron chi connectivity index (χ4n) is 2.76. The van der Waals surface area contributed by atoms with Crippen molar-refractivity contribution in [2.45, 2.75) is 4.21 Å². The van der Waals surface area contributed by atoms with Gasteiger partial charge in [-0.25, -0.2) is 12.8 Å². The molecule has 0 unspecified atom stereocenters. The molecule has 1 aromatic carbocycles. The molecule has 25 heavy (non-hydrogen) atoms. The molecular formula is C16H19FN3O3S2+. The summed E-state index contributed by atoms with van der Waals surface area (Å²) in [6.45, 7) is 2.09. The lowest BCUT2D eigenvalue weighted by atomic mass is 10.3. The fraction of sp³-hybridized carbons (Fsp3) is 0.312. The Balaban J connectivity index is 1.52. The van der Waals surface area contributed by atoms with E-state index in [1.807, 2.05) is 0 Å². The predicted octanol–water partition coefficient (Wildman–Crippen LogP) is 0.415. The van der Waals surface area contributed by atoms with Crippen molar-refractivity contribution in [1.82, 2.24) is 4.31 Å². The van der Waals surface area contributed by atoms with Crippen LogP contribution < -0.4 is 10.2 Å². The largest absolute Gasteiger partial charge is 0.325 e. The molecule has 0 radical (unpaired) electrons. The van der Waals surface area contributed by atoms with Crippen molar-refractivity contribution in [2.75, 3.05) is 38.0 Å². The fourth-order valence-corrected chi connectivity index (χ4v) is 5.34. The molecule has 2 heterocycles. The summed E-state index contributed by atoms with van der Waals surface area (Å²) in [5, 5.41) is 4.41. The molecule has 3 rings (SSSR count). The third kappa shape index (κ3) is 4.43. The number of amides is 1. The summed E-state index contributed by atoms with van der Waals surface area (Å²) in [6, 6.07) is 9.06. The van der Waals surface area contributed by atoms with Crippen molar-refractivity contribution in [3.05, 3.63) is 47.6 Å². The molecule has 1 aliphatic heterocycles. The van der Waals surface area contributed by atoms with E-state index in [2.05, 4.69) is 5.32 Å². The minimum absolute atomic E-state index is 0.213. The van der Waals surface area contributed by atoms with Crippen LogP contribution in [0.5, 0.6) is 0 Å². The molecule has 9 heteroatoms. The zero-order chi connectivity index (χ0) is 17.9. The SMILES string of the molecule is O=C(C[NH+]1CCN(S(=O)(=O)c2cccs2)CC1)Nc1cccc(F)c1. The Bertz CT molecular complexity index is 832. The van der Waals surface area contributed by atoms with Crippen LogP contribution in [0.4, 0.5) is 10.1 Å². The smallest absolute Gasteiger partial charge is 0.279 e. The quantitative estimate of drug-likeness (QED) is 0.785. The maximum Gasteiger partial charge on any atom is 0.279 e. The molecule has 1 fully saturated rings. The van der Waals surface area contributed by atoms with Gasteiger partial charge in [-0.1, -0.05) is 12.1 Å². The van der Waals surface area contributed by atoms with Crippen molar-refractivity contribution in [1.29, 1.82) is 0 Å². The number of benzene rings is 1. The Labute approximate surface area is 149 Å². The molecule has 1 aromatic heterocycles. The number of hydrogen-bond acceptors (Lipinski definition) is 4. The van der Waals surface area contributed by atoms with Gasteiger partial charge in [-0.15, -0.1) is 11.3 Å². The average molecular weight is 384 g/mol. The predicted molar refractivity (Wildman–Crippen MR) is 93.7 cm³/mol. The first-order valence-corrected chi connectivity index (χ1v) is 10.2. The van der Waals surface area contributed by atoms with Gasteiger partial charge in [0.05, 0.1) is 26.2 Å². The number of rotatable bonds is 5. The second kappa shape index (κ2) is 7.61. The summed E-state index contributed by atoms with van der Waals surface area (Å²) in [4.78, 5) is 13.1. The van der Waals surface area contributed by atoms with Crippen molar-refractivity contribution in [2.24, 2.45) is 0 Å². The highest BCUT2D eigenvalue weighted by Crippen LogP contribution is 2.20. The summed E-state index contributed by atoms with van der Waals surface area (Å²) < 4.78 is 39.9. The third-order valence-electron chi connectivity index (χ3n) is 4.04. The van der Waals surface area contributed by atoms with Gasteiger partial charge in [-0.05, 0) is 29.6 Å². The molecule has 1 aliphatic rings. The lowest BCUT2D eigenvalue weighted by Crippen LogP contribution is -3.15. The molecule has 0 saturated carbocycles. The number of nitrogens with one attached hydrogen (secondary N) is 2. The number of carbonyl (C=O) groups excluding carboxylic acids is 1. The van der Waals surface area contributed by atoms with Gasteiger partial charge in [0.25, 0.3) is 15.9 Å². The minimum atomic E-state index is -3.43. The summed E-state index contributed by atoms with van der Waals surface area (Å²) in [5.41, 5.74) is 0.420. The van der Waals surface area contributed by atoms with Crippen LogP contribution in [0.1, 0.15) is 0 Å². The molecule has 134 valence electrons. The lowest BCUT2D eigenvalue weighted by molar-refractivity contribution is -0.895. The molecule has 6 nitrogen and oxygen atoms in total. The zero-order valence-corrected chi connectivity index (χ0v) is 15.1. The summed E-state index contributed by atoms with van der Waals surface area (Å²) >= 11 is 1.21. The van der Waals surface area contributed by atoms with Crippen molar-refractivity contribution in [3.63, 3.8) is 0 Å². The van der Waals surface area contributed by atoms with E-state index < -0.39 is 15.8 Å². The average Bonchev–Trinajstić information content (AvgIpc) is 3.10. The van der Waals surface area contributed by atoms with Gasteiger partial charge < -0.3 is 10.2 Å². The number of quaternary nitrogens is 1. The standard InChI is InChI=1S/C16H18FN3O3S2/c17-13-3-1-4-14(11-13)18-15(21)12-19-6-8-20(9-7-19)25(22,23)16-5-2-10-24-16/h1-5,10-11H,6-9,12H2,(H,18,21)/p+1. The molecule has 2 N–H and O–H groups in total. The topological polar surface area (TPSA) is 70.9 Å². The second-order valence-electron chi connectivity index (χ2n) is 5.82. The van der Waals surface area contributed by atoms with E-state index in [9.17, 15) is 17.6 Å². The Morgan fingerprint density at radius 2 is 2.00 bits per heavy atom. The summed E-state index contributed by atoms with van der Waals surface area (Å²) in [6.07, 6.45) is 0. The Kier molecular flexibility index (Phi) is 5.48. The highest BCUT2D eigenvalue weighted by Gasteiger charge is 2.31. The number of hydrogen-bond donors (Lipinski definition) is 2. The van der Waals surface area contributed by atoms with Crippen LogP contribution in [-0.4, -0.2) is 51.4 Å². The maximum absolute atomic E-state index is 13.1. The van der Waals surface area contributed by atoms with E-state index in [0.29, 0.717) is 36.1 Å². The number of sulfonamides is 1. The van der Waals surface area contributed by atoms with E-state index >= 15 is 0 Å². The van der Waals surface area contributed by atoms with E-state index in [1.54, 1.807) is 23.6 Å². The van der Waals surface area contributed by atoms with Crippen LogP contribution in [-0.2, 0) is 14.8 Å². The van der Waals surface area contributed by atoms with Crippen LogP contribution in [0.15, 0.2) is 46.0 Å². The first-order valence-electron chi connectivity index (χ1n) is 7.88. The Hall–Kier alpha value is -1.81. The number of thiophene rings is 1. The van der Waals surface area contributed by atoms with Crippen molar-refractivity contribution >= 4 is 33.0 Å². The van der Waals surface area contributed by atoms with Crippen LogP contribution >= 0.6 is 11.3 Å². The van der Waals surface area contributed by atoms with Crippen LogP contribution in [0.3, 0.4) is 0 Å². The van der Waals surface area contributed by atoms with Crippen molar-refractivity contribution in [3.8, 4) is 0 Å². The molecule has 1 amide bonds. The van der Waals surface area contributed by atoms with E-state index in [-0.39, 0.29) is 12.5 Å². The number of halogens is 1. The van der Waals surface area contributed by atoms with E-state index in [1.165, 1.54) is 33.8 Å². The molecule has 0 bridgehead atoms. The monoisotopic (exact) mass is 384 g/mol. The van der Waals surface area contributed by atoms with Gasteiger partial charge in [0, 0.05) is 5.69 Å². The molecule has 1 saturated heterocycles. The maximum atomic E-state index is 13.1. The number of anilines is 1. The van der Waals surface area contributed by atoms with Gasteiger partial charge in [0.1, 0.15) is 10.0 Å². The van der Waals surface area contributed by atoms with Crippen LogP contribution in [0.25, 0.3) is 0 Å². The Morgan fingerprint density at radius 3 is 2.64 bits per heavy atom. The molecular weight excluding hydrogens is 365 g/mol. The first-order chi connectivity index (χ1) is 11.9. The molecule has 2 aromatic rings. The van der Waals surface area contributed by atoms with Crippen molar-refractivity contribution < 1.29 is 22.5 Å².